The first-order valence-corrected chi connectivity index (χ1v) is 5.59. The largest absolute Gasteiger partial charge is 0.338 e. The molecule has 1 fully saturated rings. The predicted molar refractivity (Wildman–Crippen MR) is 51.6 cm³/mol. The van der Waals surface area contributed by atoms with Gasteiger partial charge in [0, 0.05) is 24.6 Å². The zero-order valence-electron chi connectivity index (χ0n) is 7.69. The summed E-state index contributed by atoms with van der Waals surface area (Å²) in [4.78, 5) is 6.53. The lowest BCUT2D eigenvalue weighted by Crippen LogP contribution is -2.32. The van der Waals surface area contributed by atoms with E-state index in [0.29, 0.717) is 0 Å². The Balaban J connectivity index is 1.89. The van der Waals surface area contributed by atoms with E-state index in [4.69, 9.17) is 4.52 Å². The third-order valence-electron chi connectivity index (χ3n) is 2.03. The van der Waals surface area contributed by atoms with Crippen LogP contribution in [0.4, 0.5) is 0 Å². The van der Waals surface area contributed by atoms with Crippen molar-refractivity contribution >= 4 is 11.8 Å². The molecule has 0 atom stereocenters. The molecule has 1 aliphatic heterocycles. The Hall–Kier alpha value is -0.550. The fourth-order valence-corrected chi connectivity index (χ4v) is 2.33. The highest BCUT2D eigenvalue weighted by Crippen LogP contribution is 2.11. The van der Waals surface area contributed by atoms with E-state index in [-0.39, 0.29) is 0 Å². The fourth-order valence-electron chi connectivity index (χ4n) is 1.35. The van der Waals surface area contributed by atoms with Crippen LogP contribution in [-0.2, 0) is 6.54 Å². The smallest absolute Gasteiger partial charge is 0.240 e. The molecule has 0 spiro atoms. The van der Waals surface area contributed by atoms with Crippen LogP contribution in [0.15, 0.2) is 4.52 Å². The van der Waals surface area contributed by atoms with Crippen molar-refractivity contribution in [2.24, 2.45) is 0 Å². The van der Waals surface area contributed by atoms with Gasteiger partial charge in [-0.1, -0.05) is 5.16 Å². The molecule has 0 saturated carbocycles. The maximum atomic E-state index is 5.06. The summed E-state index contributed by atoms with van der Waals surface area (Å²) in [5, 5.41) is 3.76. The summed E-state index contributed by atoms with van der Waals surface area (Å²) in [5.74, 6) is 3.89. The van der Waals surface area contributed by atoms with Crippen LogP contribution >= 0.6 is 11.8 Å². The lowest BCUT2D eigenvalue weighted by Gasteiger charge is -2.24. The Bertz CT molecular complexity index is 270. The van der Waals surface area contributed by atoms with Gasteiger partial charge in [-0.2, -0.15) is 16.7 Å². The van der Waals surface area contributed by atoms with Crippen molar-refractivity contribution in [3.8, 4) is 0 Å². The molecule has 4 nitrogen and oxygen atoms in total. The van der Waals surface area contributed by atoms with Gasteiger partial charge in [-0.3, -0.25) is 4.90 Å². The topological polar surface area (TPSA) is 42.2 Å². The van der Waals surface area contributed by atoms with Gasteiger partial charge in [0.25, 0.3) is 0 Å². The normalized spacial score (nSPS) is 19.2. The number of rotatable bonds is 2. The average molecular weight is 199 g/mol. The molecule has 2 heterocycles. The maximum absolute atomic E-state index is 5.06. The van der Waals surface area contributed by atoms with E-state index in [1.54, 1.807) is 0 Å². The van der Waals surface area contributed by atoms with Crippen LogP contribution in [0, 0.1) is 6.92 Å². The molecule has 0 N–H and O–H groups in total. The zero-order chi connectivity index (χ0) is 9.10. The van der Waals surface area contributed by atoms with Gasteiger partial charge in [0.1, 0.15) is 0 Å². The highest BCUT2D eigenvalue weighted by atomic mass is 32.2. The monoisotopic (exact) mass is 199 g/mol. The molecule has 0 radical (unpaired) electrons. The minimum absolute atomic E-state index is 0.724. The van der Waals surface area contributed by atoms with E-state index in [9.17, 15) is 0 Å². The van der Waals surface area contributed by atoms with Gasteiger partial charge in [-0.15, -0.1) is 0 Å². The van der Waals surface area contributed by atoms with Crippen molar-refractivity contribution in [3.05, 3.63) is 11.7 Å². The minimum atomic E-state index is 0.724. The number of aromatic nitrogens is 2. The molecule has 1 aromatic rings. The first kappa shape index (κ1) is 9.02. The Morgan fingerprint density at radius 2 is 2.23 bits per heavy atom. The molecular weight excluding hydrogens is 186 g/mol. The molecule has 1 aromatic heterocycles. The number of hydrogen-bond acceptors (Lipinski definition) is 5. The molecule has 0 aliphatic carbocycles. The number of thioether (sulfide) groups is 1. The third kappa shape index (κ3) is 2.45. The fraction of sp³-hybridized carbons (Fsp3) is 0.750. The second kappa shape index (κ2) is 4.11. The van der Waals surface area contributed by atoms with Gasteiger partial charge in [0.05, 0.1) is 6.54 Å². The van der Waals surface area contributed by atoms with Crippen LogP contribution in [0.1, 0.15) is 11.7 Å². The van der Waals surface area contributed by atoms with Crippen molar-refractivity contribution in [1.82, 2.24) is 15.0 Å². The van der Waals surface area contributed by atoms with Gasteiger partial charge in [-0.25, -0.2) is 0 Å². The van der Waals surface area contributed by atoms with E-state index < -0.39 is 0 Å². The Kier molecular flexibility index (Phi) is 2.85. The van der Waals surface area contributed by atoms with Crippen molar-refractivity contribution in [2.45, 2.75) is 13.5 Å². The number of aryl methyl sites for hydroxylation is 1. The summed E-state index contributed by atoms with van der Waals surface area (Å²) in [6, 6.07) is 0. The summed E-state index contributed by atoms with van der Waals surface area (Å²) in [5.41, 5.74) is 0. The van der Waals surface area contributed by atoms with Gasteiger partial charge in [-0.05, 0) is 6.92 Å². The van der Waals surface area contributed by atoms with E-state index in [1.807, 2.05) is 18.7 Å². The van der Waals surface area contributed by atoms with Gasteiger partial charge < -0.3 is 4.52 Å². The van der Waals surface area contributed by atoms with Crippen LogP contribution in [0.2, 0.25) is 0 Å². The molecule has 1 aliphatic rings. The lowest BCUT2D eigenvalue weighted by molar-refractivity contribution is 0.245. The van der Waals surface area contributed by atoms with E-state index in [1.165, 1.54) is 11.5 Å². The molecule has 5 heteroatoms. The van der Waals surface area contributed by atoms with Crippen molar-refractivity contribution in [2.75, 3.05) is 24.6 Å². The third-order valence-corrected chi connectivity index (χ3v) is 2.97. The molecule has 0 bridgehead atoms. The lowest BCUT2D eigenvalue weighted by atomic mass is 10.4. The van der Waals surface area contributed by atoms with Gasteiger partial charge in [0.15, 0.2) is 5.82 Å². The van der Waals surface area contributed by atoms with Gasteiger partial charge >= 0.3 is 0 Å². The van der Waals surface area contributed by atoms with Crippen LogP contribution < -0.4 is 0 Å². The highest BCUT2D eigenvalue weighted by molar-refractivity contribution is 7.99. The second-order valence-electron chi connectivity index (χ2n) is 3.12. The molecule has 0 aromatic carbocycles. The molecule has 0 unspecified atom stereocenters. The van der Waals surface area contributed by atoms with Crippen LogP contribution in [0.25, 0.3) is 0 Å². The first-order chi connectivity index (χ1) is 6.34. The Morgan fingerprint density at radius 3 is 2.85 bits per heavy atom. The van der Waals surface area contributed by atoms with E-state index in [2.05, 4.69) is 15.0 Å². The summed E-state index contributed by atoms with van der Waals surface area (Å²) in [6.45, 7) is 4.92. The average Bonchev–Trinajstić information content (AvgIpc) is 2.53. The Morgan fingerprint density at radius 1 is 1.46 bits per heavy atom. The molecule has 13 heavy (non-hydrogen) atoms. The standard InChI is InChI=1S/C8H13N3OS/c1-7-9-8(12-10-7)6-11-2-4-13-5-3-11/h2-6H2,1H3. The zero-order valence-corrected chi connectivity index (χ0v) is 8.51. The number of hydrogen-bond donors (Lipinski definition) is 0. The number of nitrogens with zero attached hydrogens (tertiary/aromatic N) is 3. The van der Waals surface area contributed by atoms with Crippen molar-refractivity contribution in [3.63, 3.8) is 0 Å². The summed E-state index contributed by atoms with van der Waals surface area (Å²) in [7, 11) is 0. The molecule has 1 saturated heterocycles. The van der Waals surface area contributed by atoms with E-state index >= 15 is 0 Å². The quantitative estimate of drug-likeness (QED) is 0.708. The Labute approximate surface area is 81.7 Å². The van der Waals surface area contributed by atoms with Gasteiger partial charge in [0.2, 0.25) is 5.89 Å². The maximum Gasteiger partial charge on any atom is 0.240 e. The second-order valence-corrected chi connectivity index (χ2v) is 4.35. The minimum Gasteiger partial charge on any atom is -0.338 e. The van der Waals surface area contributed by atoms with Crippen molar-refractivity contribution < 1.29 is 4.52 Å². The van der Waals surface area contributed by atoms with Crippen LogP contribution in [-0.4, -0.2) is 39.6 Å². The molecule has 72 valence electrons. The predicted octanol–water partition coefficient (Wildman–Crippen LogP) is 0.927. The molecule has 2 rings (SSSR count). The van der Waals surface area contributed by atoms with E-state index in [0.717, 1.165) is 31.3 Å². The van der Waals surface area contributed by atoms with Crippen molar-refractivity contribution in [1.29, 1.82) is 0 Å². The molecular formula is C8H13N3OS. The summed E-state index contributed by atoms with van der Waals surface area (Å²) in [6.07, 6.45) is 0. The summed E-state index contributed by atoms with van der Waals surface area (Å²) < 4.78 is 5.06. The molecule has 0 amide bonds. The van der Waals surface area contributed by atoms with Crippen LogP contribution in [0.5, 0.6) is 0 Å². The van der Waals surface area contributed by atoms with Crippen LogP contribution in [0.3, 0.4) is 0 Å². The first-order valence-electron chi connectivity index (χ1n) is 4.44. The highest BCUT2D eigenvalue weighted by Gasteiger charge is 2.13. The SMILES string of the molecule is Cc1noc(CN2CCSCC2)n1. The summed E-state index contributed by atoms with van der Waals surface area (Å²) >= 11 is 2.01.